The van der Waals surface area contributed by atoms with E-state index >= 15 is 0 Å². The van der Waals surface area contributed by atoms with Crippen molar-refractivity contribution >= 4 is 22.6 Å². The second-order valence-electron chi connectivity index (χ2n) is 13.1. The number of hydrogen-bond donors (Lipinski definition) is 1. The summed E-state index contributed by atoms with van der Waals surface area (Å²) in [5, 5.41) is 4.47. The van der Waals surface area contributed by atoms with Gasteiger partial charge in [0.2, 0.25) is 5.91 Å². The quantitative estimate of drug-likeness (QED) is 0.198. The highest BCUT2D eigenvalue weighted by Crippen LogP contribution is 2.51. The Morgan fingerprint density at radius 1 is 0.870 bits per heavy atom. The minimum absolute atomic E-state index is 0.115. The van der Waals surface area contributed by atoms with Crippen LogP contribution in [0.25, 0.3) is 21.9 Å². The van der Waals surface area contributed by atoms with Gasteiger partial charge in [0.05, 0.1) is 0 Å². The Hall–Kier alpha value is -4.17. The van der Waals surface area contributed by atoms with E-state index in [1.165, 1.54) is 0 Å². The van der Waals surface area contributed by atoms with Crippen molar-refractivity contribution in [3.05, 3.63) is 107 Å². The Morgan fingerprint density at radius 2 is 1.52 bits per heavy atom. The lowest BCUT2D eigenvalue weighted by Gasteiger charge is -2.35. The van der Waals surface area contributed by atoms with Crippen LogP contribution < -0.4 is 5.32 Å². The minimum Gasteiger partial charge on any atom is -0.346 e. The van der Waals surface area contributed by atoms with E-state index in [9.17, 15) is 22.8 Å². The van der Waals surface area contributed by atoms with Gasteiger partial charge in [0.15, 0.2) is 0 Å². The fourth-order valence-electron chi connectivity index (χ4n) is 8.04. The lowest BCUT2D eigenvalue weighted by atomic mass is 9.73. The van der Waals surface area contributed by atoms with E-state index in [1.807, 2.05) is 77.7 Å². The Bertz CT molecular complexity index is 1740. The summed E-state index contributed by atoms with van der Waals surface area (Å²) < 4.78 is 39.6. The second kappa shape index (κ2) is 12.2. The van der Waals surface area contributed by atoms with Crippen LogP contribution in [-0.4, -0.2) is 60.5 Å². The predicted octanol–water partition coefficient (Wildman–Crippen LogP) is 7.32. The first-order valence-corrected chi connectivity index (χ1v) is 16.3. The first-order valence-electron chi connectivity index (χ1n) is 16.3. The molecule has 8 heteroatoms. The number of rotatable bonds is 9. The van der Waals surface area contributed by atoms with Crippen molar-refractivity contribution in [2.45, 2.75) is 50.2 Å². The molecule has 1 aliphatic carbocycles. The number of carbonyl (C=O) groups excluding carboxylic acids is 2. The third kappa shape index (κ3) is 5.68. The summed E-state index contributed by atoms with van der Waals surface area (Å²) in [6.07, 6.45) is -0.405. The highest BCUT2D eigenvalue weighted by molar-refractivity contribution is 6.03. The number of nitrogens with zero attached hydrogens (tertiary/aromatic N) is 2. The molecule has 3 aliphatic rings. The van der Waals surface area contributed by atoms with Gasteiger partial charge < -0.3 is 15.1 Å². The first kappa shape index (κ1) is 30.5. The molecule has 0 bridgehead atoms. The molecule has 1 N–H and O–H groups in total. The van der Waals surface area contributed by atoms with Gasteiger partial charge in [0.1, 0.15) is 12.0 Å². The molecule has 46 heavy (non-hydrogen) atoms. The van der Waals surface area contributed by atoms with Crippen LogP contribution in [0.5, 0.6) is 0 Å². The van der Waals surface area contributed by atoms with Crippen LogP contribution in [0.2, 0.25) is 0 Å². The van der Waals surface area contributed by atoms with Crippen molar-refractivity contribution < 1.29 is 22.8 Å². The minimum atomic E-state index is -4.49. The average molecular weight is 626 g/mol. The maximum atomic E-state index is 13.8. The van der Waals surface area contributed by atoms with Gasteiger partial charge in [-0.25, -0.2) is 0 Å². The monoisotopic (exact) mass is 625 g/mol. The molecule has 2 heterocycles. The van der Waals surface area contributed by atoms with Gasteiger partial charge in [-0.3, -0.25) is 9.59 Å². The van der Waals surface area contributed by atoms with Crippen molar-refractivity contribution in [1.82, 2.24) is 15.1 Å². The molecule has 1 unspecified atom stereocenters. The largest absolute Gasteiger partial charge is 0.405 e. The van der Waals surface area contributed by atoms with Crippen LogP contribution in [0.15, 0.2) is 84.9 Å². The topological polar surface area (TPSA) is 52.7 Å². The van der Waals surface area contributed by atoms with E-state index in [0.29, 0.717) is 25.3 Å². The number of benzene rings is 4. The van der Waals surface area contributed by atoms with Crippen molar-refractivity contribution in [2.75, 3.05) is 32.7 Å². The summed E-state index contributed by atoms with van der Waals surface area (Å²) in [5.74, 6) is -0.0944. The number of alkyl halides is 3. The zero-order chi connectivity index (χ0) is 31.9. The number of amides is 2. The molecule has 0 spiro atoms. The van der Waals surface area contributed by atoms with Crippen molar-refractivity contribution in [3.8, 4) is 11.1 Å². The maximum absolute atomic E-state index is 13.8. The SMILES string of the molecule is O=C1c2cc3ccccc3cc2CN1CC1CCCN(CCCCC2(C(=O)NCC(F)(F)F)c3ccccc3-c3ccccc32)C1. The second-order valence-corrected chi connectivity index (χ2v) is 13.1. The number of nitrogens with one attached hydrogen (secondary N) is 1. The van der Waals surface area contributed by atoms with Crippen molar-refractivity contribution in [2.24, 2.45) is 5.92 Å². The summed E-state index contributed by atoms with van der Waals surface area (Å²) >= 11 is 0. The number of likely N-dealkylation sites (tertiary alicyclic amines) is 1. The van der Waals surface area contributed by atoms with Crippen LogP contribution in [0, 0.1) is 5.92 Å². The molecule has 0 radical (unpaired) electrons. The molecule has 1 fully saturated rings. The maximum Gasteiger partial charge on any atom is 0.405 e. The molecule has 7 rings (SSSR count). The molecule has 4 aromatic rings. The molecule has 5 nitrogen and oxygen atoms in total. The van der Waals surface area contributed by atoms with Crippen LogP contribution in [0.1, 0.15) is 59.2 Å². The fraction of sp³-hybridized carbons (Fsp3) is 0.368. The Kier molecular flexibility index (Phi) is 8.09. The number of unbranched alkanes of at least 4 members (excludes halogenated alkanes) is 1. The molecular formula is C38H38F3N3O2. The van der Waals surface area contributed by atoms with Gasteiger partial charge in [-0.1, -0.05) is 79.2 Å². The lowest BCUT2D eigenvalue weighted by Crippen LogP contribution is -2.47. The smallest absolute Gasteiger partial charge is 0.346 e. The number of halogens is 3. The molecule has 2 aliphatic heterocycles. The van der Waals surface area contributed by atoms with Crippen LogP contribution in [0.4, 0.5) is 13.2 Å². The van der Waals surface area contributed by atoms with Gasteiger partial charge in [0.25, 0.3) is 5.91 Å². The summed E-state index contributed by atoms with van der Waals surface area (Å²) in [7, 11) is 0. The highest BCUT2D eigenvalue weighted by Gasteiger charge is 2.49. The molecule has 238 valence electrons. The number of piperidine rings is 1. The number of carbonyl (C=O) groups is 2. The van der Waals surface area contributed by atoms with Gasteiger partial charge >= 0.3 is 6.18 Å². The third-order valence-electron chi connectivity index (χ3n) is 10.1. The number of hydrogen-bond acceptors (Lipinski definition) is 3. The average Bonchev–Trinajstić information content (AvgIpc) is 3.52. The van der Waals surface area contributed by atoms with E-state index < -0.39 is 24.0 Å². The van der Waals surface area contributed by atoms with Crippen molar-refractivity contribution in [1.29, 1.82) is 0 Å². The predicted molar refractivity (Wildman–Crippen MR) is 173 cm³/mol. The lowest BCUT2D eigenvalue weighted by molar-refractivity contribution is -0.141. The van der Waals surface area contributed by atoms with Crippen molar-refractivity contribution in [3.63, 3.8) is 0 Å². The Labute approximate surface area is 267 Å². The van der Waals surface area contributed by atoms with E-state index in [0.717, 1.165) is 89.6 Å². The highest BCUT2D eigenvalue weighted by atomic mass is 19.4. The zero-order valence-electron chi connectivity index (χ0n) is 25.8. The van der Waals surface area contributed by atoms with Crippen LogP contribution in [-0.2, 0) is 16.8 Å². The molecule has 2 amide bonds. The molecular weight excluding hydrogens is 587 g/mol. The zero-order valence-corrected chi connectivity index (χ0v) is 25.8. The Morgan fingerprint density at radius 3 is 2.22 bits per heavy atom. The van der Waals surface area contributed by atoms with Gasteiger partial charge in [0, 0.05) is 25.2 Å². The van der Waals surface area contributed by atoms with Gasteiger partial charge in [-0.2, -0.15) is 13.2 Å². The van der Waals surface area contributed by atoms with Crippen LogP contribution in [0.3, 0.4) is 0 Å². The first-order chi connectivity index (χ1) is 22.2. The molecule has 4 aromatic carbocycles. The third-order valence-corrected chi connectivity index (χ3v) is 10.1. The molecule has 1 atom stereocenters. The number of fused-ring (bicyclic) bond motifs is 5. The Balaban J connectivity index is 1.00. The summed E-state index contributed by atoms with van der Waals surface area (Å²) in [6, 6.07) is 27.5. The standard InChI is InChI=1S/C38H38F3N3O2/c39-38(40,41)25-42-36(46)37(33-15-5-3-13-30(33)31-14-4-6-16-34(31)37)17-7-8-18-43-19-9-10-26(22-43)23-44-24-29-20-27-11-1-2-12-28(27)21-32(29)35(44)45/h1-6,11-16,20-21,26H,7-10,17-19,22-25H2,(H,42,46). The summed E-state index contributed by atoms with van der Waals surface area (Å²) in [6.45, 7) is 2.77. The normalized spacial score (nSPS) is 18.8. The fourth-order valence-corrected chi connectivity index (χ4v) is 8.04. The van der Waals surface area contributed by atoms with E-state index in [4.69, 9.17) is 0 Å². The molecule has 1 saturated heterocycles. The summed E-state index contributed by atoms with van der Waals surface area (Å²) in [5.41, 5.74) is 4.11. The molecule has 0 aromatic heterocycles. The van der Waals surface area contributed by atoms with E-state index in [2.05, 4.69) is 22.3 Å². The van der Waals surface area contributed by atoms with Gasteiger partial charge in [-0.05, 0) is 95.4 Å². The van der Waals surface area contributed by atoms with Crippen LogP contribution >= 0.6 is 0 Å². The van der Waals surface area contributed by atoms with E-state index in [1.54, 1.807) is 0 Å². The molecule has 0 saturated carbocycles. The van der Waals surface area contributed by atoms with E-state index in [-0.39, 0.29) is 5.91 Å². The van der Waals surface area contributed by atoms with Gasteiger partial charge in [-0.15, -0.1) is 0 Å². The summed E-state index contributed by atoms with van der Waals surface area (Å²) in [4.78, 5) is 31.5.